The minimum Gasteiger partial charge on any atom is -0.361 e. The third-order valence-corrected chi connectivity index (χ3v) is 2.33. The molecule has 0 spiro atoms. The maximum atomic E-state index is 6.06. The van der Waals surface area contributed by atoms with E-state index in [9.17, 15) is 0 Å². The Labute approximate surface area is 114 Å². The van der Waals surface area contributed by atoms with E-state index in [0.29, 0.717) is 16.9 Å². The average molecular weight is 263 g/mol. The van der Waals surface area contributed by atoms with Gasteiger partial charge in [-0.3, -0.25) is 4.99 Å². The van der Waals surface area contributed by atoms with Crippen LogP contribution in [0.4, 0.5) is 0 Å². The molecule has 1 rings (SSSR count). The van der Waals surface area contributed by atoms with Crippen molar-refractivity contribution in [3.8, 4) is 11.8 Å². The maximum Gasteiger partial charge on any atom is 0.174 e. The van der Waals surface area contributed by atoms with Crippen molar-refractivity contribution < 1.29 is 0 Å². The highest BCUT2D eigenvalue weighted by Gasteiger charge is 1.99. The molecule has 18 heavy (non-hydrogen) atoms. The number of halogens is 1. The van der Waals surface area contributed by atoms with Gasteiger partial charge in [0.25, 0.3) is 0 Å². The molecule has 0 fully saturated rings. The summed E-state index contributed by atoms with van der Waals surface area (Å²) in [4.78, 5) is 4.45. The van der Waals surface area contributed by atoms with Crippen molar-refractivity contribution in [3.05, 3.63) is 34.9 Å². The van der Waals surface area contributed by atoms with Crippen molar-refractivity contribution in [1.82, 2.24) is 5.32 Å². The number of hydrogen-bond acceptors (Lipinski definition) is 1. The number of amidine groups is 1. The van der Waals surface area contributed by atoms with E-state index in [1.165, 1.54) is 0 Å². The van der Waals surface area contributed by atoms with Crippen molar-refractivity contribution in [2.24, 2.45) is 4.99 Å². The second-order valence-electron chi connectivity index (χ2n) is 4.60. The Hall–Kier alpha value is -1.46. The summed E-state index contributed by atoms with van der Waals surface area (Å²) >= 11 is 6.06. The number of rotatable bonds is 2. The van der Waals surface area contributed by atoms with Gasteiger partial charge in [0.05, 0.1) is 5.02 Å². The monoisotopic (exact) mass is 262 g/mol. The standard InChI is InChI=1S/C15H19ClN2/c1-11(2)17-15(18-12(3)4)10-9-13-7-5-6-8-14(13)16/h5-8,11-12H,1-4H3,(H,17,18). The maximum absolute atomic E-state index is 6.06. The van der Waals surface area contributed by atoms with Gasteiger partial charge in [0.15, 0.2) is 5.84 Å². The normalized spacial score (nSPS) is 11.4. The van der Waals surface area contributed by atoms with E-state index in [2.05, 4.69) is 36.0 Å². The Morgan fingerprint density at radius 1 is 1.22 bits per heavy atom. The zero-order valence-corrected chi connectivity index (χ0v) is 12.0. The van der Waals surface area contributed by atoms with E-state index >= 15 is 0 Å². The first-order chi connectivity index (χ1) is 8.49. The van der Waals surface area contributed by atoms with Crippen LogP contribution < -0.4 is 5.32 Å². The van der Waals surface area contributed by atoms with Gasteiger partial charge in [-0.25, -0.2) is 0 Å². The van der Waals surface area contributed by atoms with Crippen LogP contribution in [0.5, 0.6) is 0 Å². The van der Waals surface area contributed by atoms with Crippen molar-refractivity contribution in [3.63, 3.8) is 0 Å². The Kier molecular flexibility index (Phi) is 5.74. The SMILES string of the molecule is CC(C)N=C(C#Cc1ccccc1Cl)NC(C)C. The molecule has 0 bridgehead atoms. The van der Waals surface area contributed by atoms with Gasteiger partial charge in [0, 0.05) is 17.6 Å². The minimum absolute atomic E-state index is 0.215. The summed E-state index contributed by atoms with van der Waals surface area (Å²) < 4.78 is 0. The Morgan fingerprint density at radius 2 is 1.89 bits per heavy atom. The Morgan fingerprint density at radius 3 is 2.44 bits per heavy atom. The zero-order chi connectivity index (χ0) is 13.5. The molecule has 1 aromatic rings. The van der Waals surface area contributed by atoms with Crippen molar-refractivity contribution >= 4 is 17.4 Å². The zero-order valence-electron chi connectivity index (χ0n) is 11.3. The molecule has 0 saturated heterocycles. The Balaban J connectivity index is 2.95. The van der Waals surface area contributed by atoms with E-state index in [1.807, 2.05) is 38.1 Å². The lowest BCUT2D eigenvalue weighted by molar-refractivity contribution is 0.723. The van der Waals surface area contributed by atoms with Crippen LogP contribution in [-0.4, -0.2) is 17.9 Å². The van der Waals surface area contributed by atoms with Crippen LogP contribution in [0.1, 0.15) is 33.3 Å². The van der Waals surface area contributed by atoms with Gasteiger partial charge in [-0.05, 0) is 45.7 Å². The first kappa shape index (κ1) is 14.6. The van der Waals surface area contributed by atoms with Gasteiger partial charge in [0.1, 0.15) is 0 Å². The molecule has 0 aliphatic carbocycles. The lowest BCUT2D eigenvalue weighted by Gasteiger charge is -2.09. The summed E-state index contributed by atoms with van der Waals surface area (Å²) in [7, 11) is 0. The van der Waals surface area contributed by atoms with Gasteiger partial charge in [-0.1, -0.05) is 29.7 Å². The molecule has 1 N–H and O–H groups in total. The van der Waals surface area contributed by atoms with E-state index < -0.39 is 0 Å². The van der Waals surface area contributed by atoms with Gasteiger partial charge in [-0.15, -0.1) is 0 Å². The molecule has 0 atom stereocenters. The van der Waals surface area contributed by atoms with Gasteiger partial charge in [0.2, 0.25) is 0 Å². The molecule has 96 valence electrons. The van der Waals surface area contributed by atoms with Crippen LogP contribution in [0, 0.1) is 11.8 Å². The lowest BCUT2D eigenvalue weighted by Crippen LogP contribution is -2.30. The molecule has 2 nitrogen and oxygen atoms in total. The summed E-state index contributed by atoms with van der Waals surface area (Å²) in [5.41, 5.74) is 0.821. The van der Waals surface area contributed by atoms with Crippen LogP contribution >= 0.6 is 11.6 Å². The number of nitrogens with zero attached hydrogens (tertiary/aromatic N) is 1. The molecule has 0 aliphatic rings. The second-order valence-corrected chi connectivity index (χ2v) is 5.01. The third kappa shape index (κ3) is 5.25. The van der Waals surface area contributed by atoms with Crippen molar-refractivity contribution in [2.75, 3.05) is 0 Å². The van der Waals surface area contributed by atoms with Crippen LogP contribution in [0.25, 0.3) is 0 Å². The molecule has 0 heterocycles. The summed E-state index contributed by atoms with van der Waals surface area (Å²) in [5.74, 6) is 6.80. The fourth-order valence-electron chi connectivity index (χ4n) is 1.33. The molecular formula is C15H19ClN2. The van der Waals surface area contributed by atoms with Crippen LogP contribution in [-0.2, 0) is 0 Å². The Bertz CT molecular complexity index is 479. The molecule has 1 aromatic carbocycles. The van der Waals surface area contributed by atoms with Gasteiger partial charge < -0.3 is 5.32 Å². The second kappa shape index (κ2) is 7.08. The first-order valence-corrected chi connectivity index (χ1v) is 6.47. The highest BCUT2D eigenvalue weighted by atomic mass is 35.5. The predicted molar refractivity (Wildman–Crippen MR) is 79.2 cm³/mol. The van der Waals surface area contributed by atoms with E-state index in [1.54, 1.807) is 0 Å². The van der Waals surface area contributed by atoms with Crippen LogP contribution in [0.3, 0.4) is 0 Å². The average Bonchev–Trinajstić information content (AvgIpc) is 2.26. The van der Waals surface area contributed by atoms with Crippen molar-refractivity contribution in [2.45, 2.75) is 39.8 Å². The molecular weight excluding hydrogens is 244 g/mol. The highest BCUT2D eigenvalue weighted by molar-refractivity contribution is 6.31. The van der Waals surface area contributed by atoms with Crippen LogP contribution in [0.2, 0.25) is 5.02 Å². The fourth-order valence-corrected chi connectivity index (χ4v) is 1.51. The number of benzene rings is 1. The third-order valence-electron chi connectivity index (χ3n) is 2.00. The highest BCUT2D eigenvalue weighted by Crippen LogP contribution is 2.12. The molecule has 0 radical (unpaired) electrons. The minimum atomic E-state index is 0.215. The summed E-state index contributed by atoms with van der Waals surface area (Å²) in [6.07, 6.45) is 0. The molecule has 0 aliphatic heterocycles. The van der Waals surface area contributed by atoms with Gasteiger partial charge in [-0.2, -0.15) is 0 Å². The van der Waals surface area contributed by atoms with Crippen LogP contribution in [0.15, 0.2) is 29.3 Å². The fraction of sp³-hybridized carbons (Fsp3) is 0.400. The quantitative estimate of drug-likeness (QED) is 0.492. The van der Waals surface area contributed by atoms with E-state index in [0.717, 1.165) is 5.56 Å². The van der Waals surface area contributed by atoms with E-state index in [-0.39, 0.29) is 6.04 Å². The van der Waals surface area contributed by atoms with E-state index in [4.69, 9.17) is 11.6 Å². The van der Waals surface area contributed by atoms with Gasteiger partial charge >= 0.3 is 0 Å². The molecule has 0 aromatic heterocycles. The number of nitrogens with one attached hydrogen (secondary N) is 1. The largest absolute Gasteiger partial charge is 0.361 e. The molecule has 0 unspecified atom stereocenters. The predicted octanol–water partition coefficient (Wildman–Crippen LogP) is 3.50. The number of hydrogen-bond donors (Lipinski definition) is 1. The number of aliphatic imine (C=N–C) groups is 1. The smallest absolute Gasteiger partial charge is 0.174 e. The summed E-state index contributed by atoms with van der Waals surface area (Å²) in [6, 6.07) is 8.07. The first-order valence-electron chi connectivity index (χ1n) is 6.10. The summed E-state index contributed by atoms with van der Waals surface area (Å²) in [5, 5.41) is 3.90. The topological polar surface area (TPSA) is 24.4 Å². The summed E-state index contributed by atoms with van der Waals surface area (Å²) in [6.45, 7) is 8.18. The molecule has 0 saturated carbocycles. The molecule has 3 heteroatoms. The lowest BCUT2D eigenvalue weighted by atomic mass is 10.2. The molecule has 0 amide bonds. The van der Waals surface area contributed by atoms with Crippen molar-refractivity contribution in [1.29, 1.82) is 0 Å².